The minimum Gasteiger partial charge on any atom is -0.464 e. The SMILES string of the molecule is CCOC(=O)C1CC(S(C)(=O)=O)=NN1c1ccc(F)c(C#N)c1. The summed E-state index contributed by atoms with van der Waals surface area (Å²) >= 11 is 0. The van der Waals surface area contributed by atoms with Gasteiger partial charge < -0.3 is 4.74 Å². The van der Waals surface area contributed by atoms with E-state index in [1.54, 1.807) is 13.0 Å². The number of halogens is 1. The van der Waals surface area contributed by atoms with Gasteiger partial charge in [-0.3, -0.25) is 0 Å². The highest BCUT2D eigenvalue weighted by atomic mass is 32.2. The fourth-order valence-corrected chi connectivity index (χ4v) is 2.81. The zero-order valence-electron chi connectivity index (χ0n) is 12.5. The van der Waals surface area contributed by atoms with Crippen LogP contribution in [0.3, 0.4) is 0 Å². The smallest absolute Gasteiger partial charge is 0.331 e. The number of hydrazone groups is 1. The molecule has 0 aromatic heterocycles. The molecule has 2 rings (SSSR count). The van der Waals surface area contributed by atoms with Crippen molar-refractivity contribution < 1.29 is 22.3 Å². The summed E-state index contributed by atoms with van der Waals surface area (Å²) in [6.07, 6.45) is 0.847. The Morgan fingerprint density at radius 2 is 2.26 bits per heavy atom. The van der Waals surface area contributed by atoms with Gasteiger partial charge in [-0.2, -0.15) is 10.4 Å². The number of anilines is 1. The van der Waals surface area contributed by atoms with Gasteiger partial charge >= 0.3 is 5.97 Å². The molecular weight excluding hydrogens is 325 g/mol. The van der Waals surface area contributed by atoms with Crippen LogP contribution in [-0.4, -0.2) is 38.3 Å². The van der Waals surface area contributed by atoms with E-state index in [1.165, 1.54) is 12.1 Å². The Balaban J connectivity index is 2.48. The van der Waals surface area contributed by atoms with Crippen LogP contribution in [0, 0.1) is 17.1 Å². The molecule has 0 spiro atoms. The third-order valence-corrected chi connectivity index (χ3v) is 4.31. The summed E-state index contributed by atoms with van der Waals surface area (Å²) in [4.78, 5) is 12.1. The maximum absolute atomic E-state index is 13.4. The predicted molar refractivity (Wildman–Crippen MR) is 80.9 cm³/mol. The van der Waals surface area contributed by atoms with Crippen molar-refractivity contribution in [3.8, 4) is 6.07 Å². The summed E-state index contributed by atoms with van der Waals surface area (Å²) in [7, 11) is -3.59. The third kappa shape index (κ3) is 3.48. The second kappa shape index (κ2) is 6.34. The summed E-state index contributed by atoms with van der Waals surface area (Å²) in [5.74, 6) is -1.35. The number of nitriles is 1. The van der Waals surface area contributed by atoms with Crippen LogP contribution in [0.5, 0.6) is 0 Å². The van der Waals surface area contributed by atoms with Crippen LogP contribution < -0.4 is 5.01 Å². The van der Waals surface area contributed by atoms with E-state index >= 15 is 0 Å². The Labute approximate surface area is 132 Å². The molecule has 0 radical (unpaired) electrons. The van der Waals surface area contributed by atoms with Crippen molar-refractivity contribution in [3.63, 3.8) is 0 Å². The molecule has 0 bridgehead atoms. The lowest BCUT2D eigenvalue weighted by molar-refractivity contribution is -0.144. The Morgan fingerprint density at radius 3 is 2.83 bits per heavy atom. The number of hydrogen-bond acceptors (Lipinski definition) is 7. The summed E-state index contributed by atoms with van der Waals surface area (Å²) in [6.45, 7) is 1.76. The molecule has 0 saturated carbocycles. The van der Waals surface area contributed by atoms with Gasteiger partial charge in [0, 0.05) is 12.7 Å². The van der Waals surface area contributed by atoms with Gasteiger partial charge in [0.15, 0.2) is 20.9 Å². The molecule has 122 valence electrons. The maximum atomic E-state index is 13.4. The fraction of sp³-hybridized carbons (Fsp3) is 0.357. The molecule has 1 atom stereocenters. The van der Waals surface area contributed by atoms with Crippen molar-refractivity contribution in [3.05, 3.63) is 29.6 Å². The zero-order valence-corrected chi connectivity index (χ0v) is 13.3. The second-order valence-corrected chi connectivity index (χ2v) is 6.87. The highest BCUT2D eigenvalue weighted by Crippen LogP contribution is 2.28. The van der Waals surface area contributed by atoms with Crippen molar-refractivity contribution in [1.29, 1.82) is 5.26 Å². The van der Waals surface area contributed by atoms with E-state index in [2.05, 4.69) is 5.10 Å². The summed E-state index contributed by atoms with van der Waals surface area (Å²) < 4.78 is 41.7. The van der Waals surface area contributed by atoms with Gasteiger partial charge in [-0.05, 0) is 25.1 Å². The monoisotopic (exact) mass is 339 g/mol. The lowest BCUT2D eigenvalue weighted by Crippen LogP contribution is -2.36. The van der Waals surface area contributed by atoms with Crippen LogP contribution in [0.1, 0.15) is 18.9 Å². The van der Waals surface area contributed by atoms with Crippen molar-refractivity contribution in [1.82, 2.24) is 0 Å². The molecule has 7 nitrogen and oxygen atoms in total. The standard InChI is InChI=1S/C14H14FN3O4S/c1-3-22-14(19)12-7-13(23(2,20)21)17-18(12)10-4-5-11(15)9(6-10)8-16/h4-6,12H,3,7H2,1-2H3. The molecule has 1 unspecified atom stereocenters. The molecule has 1 aliphatic heterocycles. The van der Waals surface area contributed by atoms with Crippen LogP contribution in [0.4, 0.5) is 10.1 Å². The molecule has 0 fully saturated rings. The largest absolute Gasteiger partial charge is 0.464 e. The Hall–Kier alpha value is -2.47. The molecule has 1 aromatic carbocycles. The summed E-state index contributed by atoms with van der Waals surface area (Å²) in [5.41, 5.74) is 0.00719. The average molecular weight is 339 g/mol. The van der Waals surface area contributed by atoms with E-state index in [1.807, 2.05) is 0 Å². The van der Waals surface area contributed by atoms with Gasteiger partial charge in [0.05, 0.1) is 17.9 Å². The topological polar surface area (TPSA) is 99.8 Å². The van der Waals surface area contributed by atoms with Crippen LogP contribution in [0.25, 0.3) is 0 Å². The highest BCUT2D eigenvalue weighted by Gasteiger charge is 2.38. The lowest BCUT2D eigenvalue weighted by atomic mass is 10.1. The maximum Gasteiger partial charge on any atom is 0.331 e. The summed E-state index contributed by atoms with van der Waals surface area (Å²) in [6, 6.07) is 4.29. The number of benzene rings is 1. The number of ether oxygens (including phenoxy) is 1. The first-order valence-corrected chi connectivity index (χ1v) is 8.60. The highest BCUT2D eigenvalue weighted by molar-refractivity contribution is 8.05. The first-order chi connectivity index (χ1) is 10.8. The first kappa shape index (κ1) is 16.9. The van der Waals surface area contributed by atoms with E-state index in [9.17, 15) is 17.6 Å². The van der Waals surface area contributed by atoms with Gasteiger partial charge in [0.1, 0.15) is 11.9 Å². The number of sulfone groups is 1. The predicted octanol–water partition coefficient (Wildman–Crippen LogP) is 1.20. The molecule has 1 heterocycles. The third-order valence-electron chi connectivity index (χ3n) is 3.20. The average Bonchev–Trinajstić information content (AvgIpc) is 2.93. The van der Waals surface area contributed by atoms with Crippen molar-refractivity contribution >= 4 is 26.5 Å². The number of carbonyl (C=O) groups excluding carboxylic acids is 1. The van der Waals surface area contributed by atoms with Crippen molar-refractivity contribution in [2.75, 3.05) is 17.9 Å². The van der Waals surface area contributed by atoms with Gasteiger partial charge in [0.2, 0.25) is 0 Å². The van der Waals surface area contributed by atoms with Crippen LogP contribution in [0.15, 0.2) is 23.3 Å². The molecule has 0 N–H and O–H groups in total. The minimum absolute atomic E-state index is 0.129. The van der Waals surface area contributed by atoms with Gasteiger partial charge in [-0.15, -0.1) is 0 Å². The molecule has 0 amide bonds. The Kier molecular flexibility index (Phi) is 4.65. The van der Waals surface area contributed by atoms with Gasteiger partial charge in [-0.1, -0.05) is 0 Å². The van der Waals surface area contributed by atoms with Crippen molar-refractivity contribution in [2.24, 2.45) is 5.10 Å². The quantitative estimate of drug-likeness (QED) is 0.767. The molecule has 0 aliphatic carbocycles. The van der Waals surface area contributed by atoms with E-state index in [0.717, 1.165) is 17.3 Å². The molecular formula is C14H14FN3O4S. The normalized spacial score (nSPS) is 17.6. The first-order valence-electron chi connectivity index (χ1n) is 6.71. The Morgan fingerprint density at radius 1 is 1.57 bits per heavy atom. The molecule has 0 saturated heterocycles. The van der Waals surface area contributed by atoms with Crippen LogP contribution in [-0.2, 0) is 19.4 Å². The minimum atomic E-state index is -3.59. The van der Waals surface area contributed by atoms with Gasteiger partial charge in [-0.25, -0.2) is 22.6 Å². The number of hydrogen-bond donors (Lipinski definition) is 0. The fourth-order valence-electron chi connectivity index (χ4n) is 2.11. The summed E-state index contributed by atoms with van der Waals surface area (Å²) in [5, 5.41) is 13.8. The number of carbonyl (C=O) groups is 1. The molecule has 1 aliphatic rings. The van der Waals surface area contributed by atoms with Gasteiger partial charge in [0.25, 0.3) is 0 Å². The number of nitrogens with zero attached hydrogens (tertiary/aromatic N) is 3. The van der Waals surface area contributed by atoms with Crippen molar-refractivity contribution in [2.45, 2.75) is 19.4 Å². The molecule has 23 heavy (non-hydrogen) atoms. The molecule has 9 heteroatoms. The number of esters is 1. The van der Waals surface area contributed by atoms with E-state index < -0.39 is 27.7 Å². The second-order valence-electron chi connectivity index (χ2n) is 4.86. The Bertz CT molecular complexity index is 814. The number of rotatable bonds is 3. The zero-order chi connectivity index (χ0) is 17.2. The lowest BCUT2D eigenvalue weighted by Gasteiger charge is -2.21. The van der Waals surface area contributed by atoms with Crippen LogP contribution in [0.2, 0.25) is 0 Å². The van der Waals surface area contributed by atoms with E-state index in [4.69, 9.17) is 10.00 Å². The van der Waals surface area contributed by atoms with E-state index in [-0.39, 0.29) is 29.3 Å². The van der Waals surface area contributed by atoms with Crippen LogP contribution >= 0.6 is 0 Å². The molecule has 1 aromatic rings. The van der Waals surface area contributed by atoms with E-state index in [0.29, 0.717) is 0 Å².